The Morgan fingerprint density at radius 2 is 1.23 bits per heavy atom. The molecule has 2 heterocycles. The molecule has 1 nitrogen and oxygen atoms in total. The highest BCUT2D eigenvalue weighted by molar-refractivity contribution is 7.27. The number of aromatic nitrogens is 1. The molecule has 2 heteroatoms. The van der Waals surface area contributed by atoms with E-state index in [9.17, 15) is 0 Å². The zero-order valence-electron chi connectivity index (χ0n) is 26.1. The minimum Gasteiger partial charge on any atom is -0.315 e. The Bertz CT molecular complexity index is 2730. The lowest BCUT2D eigenvalue weighted by molar-refractivity contribution is 1.14. The lowest BCUT2D eigenvalue weighted by atomic mass is 9.92. The van der Waals surface area contributed by atoms with E-state index >= 15 is 0 Å². The molecule has 222 valence electrons. The van der Waals surface area contributed by atoms with Gasteiger partial charge < -0.3 is 4.57 Å². The summed E-state index contributed by atoms with van der Waals surface area (Å²) >= 11 is 1.89. The zero-order chi connectivity index (χ0) is 31.5. The molecule has 2 aromatic heterocycles. The van der Waals surface area contributed by atoms with Gasteiger partial charge in [-0.25, -0.2) is 0 Å². The van der Waals surface area contributed by atoms with Crippen molar-refractivity contribution >= 4 is 80.3 Å². The summed E-state index contributed by atoms with van der Waals surface area (Å²) in [6.07, 6.45) is 10.4. The average Bonchev–Trinajstić information content (AvgIpc) is 3.74. The second kappa shape index (κ2) is 11.0. The molecule has 0 atom stereocenters. The fourth-order valence-corrected chi connectivity index (χ4v) is 8.74. The smallest absolute Gasteiger partial charge is 0.0707 e. The molecular weight excluding hydrogens is 587 g/mol. The largest absolute Gasteiger partial charge is 0.315 e. The molecule has 0 aliphatic heterocycles. The van der Waals surface area contributed by atoms with E-state index < -0.39 is 0 Å². The van der Waals surface area contributed by atoms with Crippen LogP contribution in [0.25, 0.3) is 85.8 Å². The van der Waals surface area contributed by atoms with E-state index in [1.54, 1.807) is 0 Å². The number of fused-ring (bicyclic) bond motifs is 11. The van der Waals surface area contributed by atoms with Gasteiger partial charge in [-0.3, -0.25) is 0 Å². The van der Waals surface area contributed by atoms with Gasteiger partial charge in [0.1, 0.15) is 0 Å². The van der Waals surface area contributed by atoms with Crippen molar-refractivity contribution in [3.05, 3.63) is 170 Å². The van der Waals surface area contributed by atoms with Gasteiger partial charge in [-0.05, 0) is 85.8 Å². The standard InChI is InChI=1S/C45H31NS/c1-3-5-12-29(4-2)34-19-11-20-40-41-24-21-30-25-26-46(43(30)45(41)47-44(34)40)33-14-10-13-31(27-33)32-22-23-39-37-17-7-6-15-35(37)36-16-8-9-18-38(36)42(39)28-32/h3-28H,1H2,2H3/b12-5-,29-4+. The first-order valence-corrected chi connectivity index (χ1v) is 16.9. The van der Waals surface area contributed by atoms with Crippen LogP contribution in [0.1, 0.15) is 12.5 Å². The lowest BCUT2D eigenvalue weighted by Gasteiger charge is -2.13. The third-order valence-electron chi connectivity index (χ3n) is 9.55. The van der Waals surface area contributed by atoms with Crippen LogP contribution in [0.15, 0.2) is 164 Å². The third kappa shape index (κ3) is 4.30. The molecule has 0 saturated heterocycles. The molecule has 0 fully saturated rings. The number of rotatable bonds is 5. The summed E-state index contributed by atoms with van der Waals surface area (Å²) in [5, 5.41) is 11.6. The van der Waals surface area contributed by atoms with Crippen LogP contribution < -0.4 is 0 Å². The maximum atomic E-state index is 3.87. The Morgan fingerprint density at radius 3 is 1.98 bits per heavy atom. The quantitative estimate of drug-likeness (QED) is 0.134. The molecule has 9 aromatic rings. The van der Waals surface area contributed by atoms with E-state index in [1.165, 1.54) is 85.7 Å². The number of allylic oxidation sites excluding steroid dienone is 5. The molecule has 0 bridgehead atoms. The van der Waals surface area contributed by atoms with Crippen molar-refractivity contribution in [2.75, 3.05) is 0 Å². The van der Waals surface area contributed by atoms with E-state index in [4.69, 9.17) is 0 Å². The monoisotopic (exact) mass is 617 g/mol. The second-order valence-electron chi connectivity index (χ2n) is 12.1. The average molecular weight is 618 g/mol. The number of hydrogen-bond acceptors (Lipinski definition) is 1. The van der Waals surface area contributed by atoms with E-state index in [0.717, 1.165) is 5.69 Å². The Balaban J connectivity index is 1.22. The highest BCUT2D eigenvalue weighted by Crippen LogP contribution is 2.43. The Kier molecular flexibility index (Phi) is 6.45. The van der Waals surface area contributed by atoms with Crippen molar-refractivity contribution < 1.29 is 0 Å². The topological polar surface area (TPSA) is 4.93 Å². The van der Waals surface area contributed by atoms with Gasteiger partial charge >= 0.3 is 0 Å². The summed E-state index contributed by atoms with van der Waals surface area (Å²) in [6, 6.07) is 47.0. The van der Waals surface area contributed by atoms with Crippen molar-refractivity contribution in [2.45, 2.75) is 6.92 Å². The van der Waals surface area contributed by atoms with Crippen LogP contribution in [0, 0.1) is 0 Å². The van der Waals surface area contributed by atoms with E-state index in [2.05, 4.69) is 164 Å². The summed E-state index contributed by atoms with van der Waals surface area (Å²) in [4.78, 5) is 0. The molecule has 0 radical (unpaired) electrons. The van der Waals surface area contributed by atoms with Gasteiger partial charge in [-0.15, -0.1) is 11.3 Å². The molecule has 0 aliphatic rings. The second-order valence-corrected chi connectivity index (χ2v) is 13.1. The maximum Gasteiger partial charge on any atom is 0.0707 e. The van der Waals surface area contributed by atoms with Crippen LogP contribution >= 0.6 is 11.3 Å². The van der Waals surface area contributed by atoms with Crippen molar-refractivity contribution in [2.24, 2.45) is 0 Å². The molecule has 0 aliphatic carbocycles. The zero-order valence-corrected chi connectivity index (χ0v) is 26.9. The molecule has 0 amide bonds. The van der Waals surface area contributed by atoms with E-state index in [-0.39, 0.29) is 0 Å². The summed E-state index contributed by atoms with van der Waals surface area (Å²) < 4.78 is 5.00. The first-order chi connectivity index (χ1) is 23.2. The molecule has 7 aromatic carbocycles. The molecule has 0 N–H and O–H groups in total. The van der Waals surface area contributed by atoms with Gasteiger partial charge in [0.05, 0.1) is 10.2 Å². The number of benzene rings is 7. The highest BCUT2D eigenvalue weighted by Gasteiger charge is 2.16. The first kappa shape index (κ1) is 27.6. The van der Waals surface area contributed by atoms with Crippen LogP contribution in [0.2, 0.25) is 0 Å². The number of thiophene rings is 1. The lowest BCUT2D eigenvalue weighted by Crippen LogP contribution is -1.92. The number of hydrogen-bond donors (Lipinski definition) is 0. The van der Waals surface area contributed by atoms with Crippen LogP contribution in [-0.2, 0) is 0 Å². The van der Waals surface area contributed by atoms with Gasteiger partial charge in [0.25, 0.3) is 0 Å². The van der Waals surface area contributed by atoms with Crippen LogP contribution in [0.5, 0.6) is 0 Å². The first-order valence-electron chi connectivity index (χ1n) is 16.1. The van der Waals surface area contributed by atoms with Gasteiger partial charge in [0, 0.05) is 32.7 Å². The summed E-state index contributed by atoms with van der Waals surface area (Å²) in [5.41, 5.74) is 7.31. The molecule has 47 heavy (non-hydrogen) atoms. The highest BCUT2D eigenvalue weighted by atomic mass is 32.1. The molecule has 9 rings (SSSR count). The van der Waals surface area contributed by atoms with E-state index in [1.807, 2.05) is 23.5 Å². The summed E-state index contributed by atoms with van der Waals surface area (Å²) in [7, 11) is 0. The van der Waals surface area contributed by atoms with Crippen molar-refractivity contribution in [1.82, 2.24) is 4.57 Å². The normalized spacial score (nSPS) is 12.5. The van der Waals surface area contributed by atoms with Crippen LogP contribution in [-0.4, -0.2) is 4.57 Å². The van der Waals surface area contributed by atoms with Crippen molar-refractivity contribution in [1.29, 1.82) is 0 Å². The van der Waals surface area contributed by atoms with Gasteiger partial charge in [0.2, 0.25) is 0 Å². The van der Waals surface area contributed by atoms with Gasteiger partial charge in [-0.1, -0.05) is 134 Å². The fourth-order valence-electron chi connectivity index (χ4n) is 7.35. The maximum absolute atomic E-state index is 3.87. The summed E-state index contributed by atoms with van der Waals surface area (Å²) in [5.74, 6) is 0. The van der Waals surface area contributed by atoms with Crippen molar-refractivity contribution in [3.8, 4) is 16.8 Å². The SMILES string of the molecule is C=C/C=C\C(=C/C)c1cccc2c1sc1c2ccc2ccn(-c3cccc(-c4ccc5c6ccccc6c6ccccc6c5c4)c3)c21. The van der Waals surface area contributed by atoms with Gasteiger partial charge in [0.15, 0.2) is 0 Å². The molecule has 0 unspecified atom stereocenters. The minimum absolute atomic E-state index is 1.16. The Morgan fingerprint density at radius 1 is 0.596 bits per heavy atom. The summed E-state index contributed by atoms with van der Waals surface area (Å²) in [6.45, 7) is 5.97. The third-order valence-corrected chi connectivity index (χ3v) is 10.8. The van der Waals surface area contributed by atoms with Crippen LogP contribution in [0.3, 0.4) is 0 Å². The van der Waals surface area contributed by atoms with Gasteiger partial charge in [-0.2, -0.15) is 0 Å². The van der Waals surface area contributed by atoms with Crippen LogP contribution in [0.4, 0.5) is 0 Å². The van der Waals surface area contributed by atoms with Crippen molar-refractivity contribution in [3.63, 3.8) is 0 Å². The fraction of sp³-hybridized carbons (Fsp3) is 0.0222. The number of nitrogens with zero attached hydrogens (tertiary/aromatic N) is 1. The Labute approximate surface area is 277 Å². The molecule has 0 spiro atoms. The minimum atomic E-state index is 1.16. The predicted octanol–water partition coefficient (Wildman–Crippen LogP) is 13.3. The Hall–Kier alpha value is -5.70. The molecular formula is C45H31NS. The predicted molar refractivity (Wildman–Crippen MR) is 207 cm³/mol. The molecule has 0 saturated carbocycles. The van der Waals surface area contributed by atoms with E-state index in [0.29, 0.717) is 0 Å².